The quantitative estimate of drug-likeness (QED) is 0.776. The number of aromatic nitrogens is 1. The van der Waals surface area contributed by atoms with Crippen molar-refractivity contribution in [1.82, 2.24) is 4.98 Å². The first-order valence-corrected chi connectivity index (χ1v) is 6.66. The smallest absolute Gasteiger partial charge is 0.0346 e. The maximum absolute atomic E-state index is 5.66. The van der Waals surface area contributed by atoms with E-state index >= 15 is 0 Å². The summed E-state index contributed by atoms with van der Waals surface area (Å²) in [5.41, 5.74) is 11.4. The first kappa shape index (κ1) is 12.6. The Morgan fingerprint density at radius 1 is 0.700 bits per heavy atom. The van der Waals surface area contributed by atoms with Crippen LogP contribution in [-0.4, -0.2) is 4.98 Å². The van der Waals surface area contributed by atoms with Crippen molar-refractivity contribution < 1.29 is 0 Å². The predicted molar refractivity (Wildman–Crippen MR) is 83.0 cm³/mol. The lowest BCUT2D eigenvalue weighted by Crippen LogP contribution is -1.96. The molecule has 0 aliphatic heterocycles. The third-order valence-corrected chi connectivity index (χ3v) is 3.36. The number of pyridine rings is 1. The molecule has 0 spiro atoms. The van der Waals surface area contributed by atoms with Crippen LogP contribution < -0.4 is 5.73 Å². The van der Waals surface area contributed by atoms with E-state index in [4.69, 9.17) is 5.73 Å². The van der Waals surface area contributed by atoms with Gasteiger partial charge >= 0.3 is 0 Å². The summed E-state index contributed by atoms with van der Waals surface area (Å²) < 4.78 is 0. The fourth-order valence-corrected chi connectivity index (χ4v) is 2.24. The van der Waals surface area contributed by atoms with Crippen LogP contribution in [-0.2, 0) is 6.54 Å². The molecule has 0 saturated heterocycles. The van der Waals surface area contributed by atoms with Crippen LogP contribution in [0.25, 0.3) is 22.3 Å². The fraction of sp³-hybridized carbons (Fsp3) is 0.0556. The minimum atomic E-state index is 0.517. The molecule has 3 aromatic rings. The molecule has 0 aliphatic rings. The topological polar surface area (TPSA) is 38.9 Å². The third kappa shape index (κ3) is 2.60. The van der Waals surface area contributed by atoms with Crippen molar-refractivity contribution in [2.45, 2.75) is 6.54 Å². The van der Waals surface area contributed by atoms with Crippen LogP contribution in [0, 0.1) is 0 Å². The zero-order chi connectivity index (χ0) is 13.8. The number of rotatable bonds is 3. The largest absolute Gasteiger partial charge is 0.326 e. The number of nitrogens with two attached hydrogens (primary N) is 1. The number of benzene rings is 2. The van der Waals surface area contributed by atoms with E-state index in [1.807, 2.05) is 18.5 Å². The molecule has 0 aliphatic carbocycles. The highest BCUT2D eigenvalue weighted by Crippen LogP contribution is 2.24. The van der Waals surface area contributed by atoms with Crippen molar-refractivity contribution in [1.29, 1.82) is 0 Å². The summed E-state index contributed by atoms with van der Waals surface area (Å²) in [4.78, 5) is 4.23. The van der Waals surface area contributed by atoms with Crippen molar-refractivity contribution in [3.05, 3.63) is 78.6 Å². The highest BCUT2D eigenvalue weighted by Gasteiger charge is 2.01. The average molecular weight is 260 g/mol. The molecule has 0 saturated carbocycles. The molecular weight excluding hydrogens is 244 g/mol. The van der Waals surface area contributed by atoms with Gasteiger partial charge in [-0.15, -0.1) is 0 Å². The van der Waals surface area contributed by atoms with E-state index in [0.29, 0.717) is 6.54 Å². The Balaban J connectivity index is 1.93. The zero-order valence-electron chi connectivity index (χ0n) is 11.2. The van der Waals surface area contributed by atoms with Gasteiger partial charge in [-0.1, -0.05) is 54.6 Å². The van der Waals surface area contributed by atoms with Gasteiger partial charge in [-0.25, -0.2) is 0 Å². The maximum Gasteiger partial charge on any atom is 0.0346 e. The molecule has 0 amide bonds. The summed E-state index contributed by atoms with van der Waals surface area (Å²) in [6.45, 7) is 0.517. The average Bonchev–Trinajstić information content (AvgIpc) is 2.56. The van der Waals surface area contributed by atoms with Gasteiger partial charge in [0.15, 0.2) is 0 Å². The monoisotopic (exact) mass is 260 g/mol. The van der Waals surface area contributed by atoms with Gasteiger partial charge in [0.25, 0.3) is 0 Å². The molecule has 0 atom stereocenters. The minimum absolute atomic E-state index is 0.517. The minimum Gasteiger partial charge on any atom is -0.326 e. The molecule has 20 heavy (non-hydrogen) atoms. The molecule has 1 aromatic heterocycles. The van der Waals surface area contributed by atoms with Gasteiger partial charge in [-0.2, -0.15) is 0 Å². The van der Waals surface area contributed by atoms with Crippen molar-refractivity contribution in [3.63, 3.8) is 0 Å². The van der Waals surface area contributed by atoms with E-state index in [9.17, 15) is 0 Å². The Kier molecular flexibility index (Phi) is 3.57. The molecule has 1 heterocycles. The SMILES string of the molecule is NCc1cncc(-c2ccc(-c3ccccc3)cc2)c1. The normalized spacial score (nSPS) is 10.4. The van der Waals surface area contributed by atoms with Crippen molar-refractivity contribution in [2.75, 3.05) is 0 Å². The second-order valence-electron chi connectivity index (χ2n) is 4.73. The van der Waals surface area contributed by atoms with Gasteiger partial charge in [0.1, 0.15) is 0 Å². The molecule has 0 bridgehead atoms. The zero-order valence-corrected chi connectivity index (χ0v) is 11.2. The van der Waals surface area contributed by atoms with Gasteiger partial charge < -0.3 is 5.73 Å². The second-order valence-corrected chi connectivity index (χ2v) is 4.73. The van der Waals surface area contributed by atoms with Gasteiger partial charge in [-0.05, 0) is 28.3 Å². The molecule has 0 unspecified atom stereocenters. The Hall–Kier alpha value is -2.45. The van der Waals surface area contributed by atoms with E-state index < -0.39 is 0 Å². The third-order valence-electron chi connectivity index (χ3n) is 3.36. The number of hydrogen-bond acceptors (Lipinski definition) is 2. The highest BCUT2D eigenvalue weighted by atomic mass is 14.6. The molecule has 0 radical (unpaired) electrons. The van der Waals surface area contributed by atoms with Crippen molar-refractivity contribution in [2.24, 2.45) is 5.73 Å². The fourth-order valence-electron chi connectivity index (χ4n) is 2.24. The number of nitrogens with zero attached hydrogens (tertiary/aromatic N) is 1. The van der Waals surface area contributed by atoms with Crippen molar-refractivity contribution >= 4 is 0 Å². The molecule has 0 fully saturated rings. The maximum atomic E-state index is 5.66. The van der Waals surface area contributed by atoms with Gasteiger partial charge in [0.05, 0.1) is 0 Å². The van der Waals surface area contributed by atoms with E-state index in [-0.39, 0.29) is 0 Å². The van der Waals surface area contributed by atoms with Crippen LogP contribution in [0.3, 0.4) is 0 Å². The lowest BCUT2D eigenvalue weighted by atomic mass is 10.0. The van der Waals surface area contributed by atoms with Crippen LogP contribution in [0.4, 0.5) is 0 Å². The highest BCUT2D eigenvalue weighted by molar-refractivity contribution is 5.70. The first-order valence-electron chi connectivity index (χ1n) is 6.66. The van der Waals surface area contributed by atoms with Crippen molar-refractivity contribution in [3.8, 4) is 22.3 Å². The summed E-state index contributed by atoms with van der Waals surface area (Å²) >= 11 is 0. The first-order chi connectivity index (χ1) is 9.86. The van der Waals surface area contributed by atoms with Crippen LogP contribution in [0.15, 0.2) is 73.1 Å². The molecule has 2 aromatic carbocycles. The summed E-state index contributed by atoms with van der Waals surface area (Å²) in [6, 6.07) is 21.0. The molecule has 98 valence electrons. The Bertz CT molecular complexity index is 688. The summed E-state index contributed by atoms with van der Waals surface area (Å²) in [5.74, 6) is 0. The van der Waals surface area contributed by atoms with Gasteiger partial charge in [0, 0.05) is 24.5 Å². The van der Waals surface area contributed by atoms with E-state index in [0.717, 1.165) is 16.7 Å². The molecule has 2 N–H and O–H groups in total. The van der Waals surface area contributed by atoms with E-state index in [1.165, 1.54) is 11.1 Å². The van der Waals surface area contributed by atoms with Gasteiger partial charge in [0.2, 0.25) is 0 Å². The molecule has 2 nitrogen and oxygen atoms in total. The molecule has 3 rings (SSSR count). The van der Waals surface area contributed by atoms with Crippen LogP contribution in [0.1, 0.15) is 5.56 Å². The summed E-state index contributed by atoms with van der Waals surface area (Å²) in [5, 5.41) is 0. The Labute approximate surface area is 118 Å². The summed E-state index contributed by atoms with van der Waals surface area (Å²) in [7, 11) is 0. The summed E-state index contributed by atoms with van der Waals surface area (Å²) in [6.07, 6.45) is 3.68. The second kappa shape index (κ2) is 5.68. The standard InChI is InChI=1S/C18H16N2/c19-11-14-10-18(13-20-12-14)17-8-6-16(7-9-17)15-4-2-1-3-5-15/h1-10,12-13H,11,19H2. The lowest BCUT2D eigenvalue weighted by molar-refractivity contribution is 1.05. The van der Waals surface area contributed by atoms with E-state index in [1.54, 1.807) is 0 Å². The lowest BCUT2D eigenvalue weighted by Gasteiger charge is -2.06. The predicted octanol–water partition coefficient (Wildman–Crippen LogP) is 3.87. The molecular formula is C18H16N2. The Morgan fingerprint density at radius 2 is 1.30 bits per heavy atom. The molecule has 2 heteroatoms. The van der Waals surface area contributed by atoms with Crippen LogP contribution in [0.2, 0.25) is 0 Å². The van der Waals surface area contributed by atoms with Gasteiger partial charge in [-0.3, -0.25) is 4.98 Å². The number of hydrogen-bond donors (Lipinski definition) is 1. The Morgan fingerprint density at radius 3 is 1.95 bits per heavy atom. The van der Waals surface area contributed by atoms with E-state index in [2.05, 4.69) is 59.6 Å². The van der Waals surface area contributed by atoms with Crippen LogP contribution in [0.5, 0.6) is 0 Å². The van der Waals surface area contributed by atoms with Crippen LogP contribution >= 0.6 is 0 Å².